The number of benzene rings is 2. The normalized spacial score (nSPS) is 11.3. The summed E-state index contributed by atoms with van der Waals surface area (Å²) in [4.78, 5) is 16.6. The largest absolute Gasteiger partial charge is 0.437 e. The minimum absolute atomic E-state index is 0.0917. The molecule has 4 nitrogen and oxygen atoms in total. The third kappa shape index (κ3) is 4.62. The summed E-state index contributed by atoms with van der Waals surface area (Å²) in [6.45, 7) is 1.64. The van der Waals surface area contributed by atoms with Gasteiger partial charge in [0.15, 0.2) is 4.88 Å². The second-order valence-electron chi connectivity index (χ2n) is 5.46. The van der Waals surface area contributed by atoms with E-state index in [0.717, 1.165) is 23.5 Å². The summed E-state index contributed by atoms with van der Waals surface area (Å²) in [6.07, 6.45) is -4.51. The maximum Gasteiger partial charge on any atom is 0.416 e. The van der Waals surface area contributed by atoms with E-state index in [4.69, 9.17) is 4.74 Å². The molecule has 140 valence electrons. The van der Waals surface area contributed by atoms with E-state index in [1.165, 1.54) is 36.4 Å². The number of aryl methyl sites for hydroxylation is 1. The lowest BCUT2D eigenvalue weighted by Gasteiger charge is -2.10. The predicted octanol–water partition coefficient (Wildman–Crippen LogP) is 5.65. The zero-order valence-corrected chi connectivity index (χ0v) is 14.6. The Morgan fingerprint density at radius 1 is 1.15 bits per heavy atom. The summed E-state index contributed by atoms with van der Waals surface area (Å²) in [5.74, 6) is -1.20. The maximum atomic E-state index is 13.0. The lowest BCUT2D eigenvalue weighted by atomic mass is 10.2. The van der Waals surface area contributed by atoms with Gasteiger partial charge in [-0.3, -0.25) is 4.79 Å². The summed E-state index contributed by atoms with van der Waals surface area (Å²) < 4.78 is 56.9. The molecule has 0 saturated heterocycles. The molecule has 0 unspecified atom stereocenters. The van der Waals surface area contributed by atoms with Crippen molar-refractivity contribution in [3.8, 4) is 11.6 Å². The Labute approximate surface area is 155 Å². The van der Waals surface area contributed by atoms with E-state index in [-0.39, 0.29) is 16.5 Å². The SMILES string of the molecule is Cc1nc(Oc2cccc(C(F)(F)F)c2)c(C(=O)Nc2ccc(F)cc2)s1. The molecule has 3 aromatic rings. The van der Waals surface area contributed by atoms with Gasteiger partial charge >= 0.3 is 6.18 Å². The van der Waals surface area contributed by atoms with Crippen molar-refractivity contribution < 1.29 is 27.1 Å². The molecule has 1 amide bonds. The molecule has 27 heavy (non-hydrogen) atoms. The molecule has 0 aliphatic carbocycles. The third-order valence-corrected chi connectivity index (χ3v) is 4.34. The second-order valence-corrected chi connectivity index (χ2v) is 6.66. The van der Waals surface area contributed by atoms with Crippen LogP contribution >= 0.6 is 11.3 Å². The highest BCUT2D eigenvalue weighted by molar-refractivity contribution is 7.14. The van der Waals surface area contributed by atoms with Gasteiger partial charge in [-0.15, -0.1) is 11.3 Å². The van der Waals surface area contributed by atoms with Gasteiger partial charge in [0.05, 0.1) is 10.6 Å². The van der Waals surface area contributed by atoms with Gasteiger partial charge in [-0.2, -0.15) is 13.2 Å². The number of rotatable bonds is 4. The topological polar surface area (TPSA) is 51.2 Å². The first kappa shape index (κ1) is 18.8. The molecule has 0 aliphatic heterocycles. The Bertz CT molecular complexity index is 968. The van der Waals surface area contributed by atoms with Crippen molar-refractivity contribution >= 4 is 22.9 Å². The first-order chi connectivity index (χ1) is 12.7. The number of halogens is 4. The van der Waals surface area contributed by atoms with Gasteiger partial charge in [0.1, 0.15) is 11.6 Å². The molecular formula is C18H12F4N2O2S. The smallest absolute Gasteiger partial charge is 0.416 e. The molecule has 1 N–H and O–H groups in total. The number of nitrogens with zero attached hydrogens (tertiary/aromatic N) is 1. The van der Waals surface area contributed by atoms with Crippen molar-refractivity contribution in [2.45, 2.75) is 13.1 Å². The lowest BCUT2D eigenvalue weighted by molar-refractivity contribution is -0.137. The number of hydrogen-bond donors (Lipinski definition) is 1. The van der Waals surface area contributed by atoms with Crippen molar-refractivity contribution in [2.24, 2.45) is 0 Å². The van der Waals surface area contributed by atoms with E-state index in [9.17, 15) is 22.4 Å². The van der Waals surface area contributed by atoms with Gasteiger partial charge in [-0.05, 0) is 49.4 Å². The summed E-state index contributed by atoms with van der Waals surface area (Å²) >= 11 is 1.03. The minimum Gasteiger partial charge on any atom is -0.437 e. The average molecular weight is 396 g/mol. The number of carbonyl (C=O) groups is 1. The number of thiazole rings is 1. The first-order valence-corrected chi connectivity index (χ1v) is 8.43. The number of alkyl halides is 3. The van der Waals surface area contributed by atoms with E-state index in [1.54, 1.807) is 6.92 Å². The molecule has 1 aromatic heterocycles. The summed E-state index contributed by atoms with van der Waals surface area (Å²) in [5, 5.41) is 3.07. The van der Waals surface area contributed by atoms with Gasteiger partial charge in [0.25, 0.3) is 5.91 Å². The molecular weight excluding hydrogens is 384 g/mol. The van der Waals surface area contributed by atoms with Crippen molar-refractivity contribution in [1.29, 1.82) is 0 Å². The number of nitrogens with one attached hydrogen (secondary N) is 1. The van der Waals surface area contributed by atoms with Crippen LogP contribution < -0.4 is 10.1 Å². The van der Waals surface area contributed by atoms with Crippen LogP contribution in [0.15, 0.2) is 48.5 Å². The van der Waals surface area contributed by atoms with Crippen LogP contribution in [0.25, 0.3) is 0 Å². The van der Waals surface area contributed by atoms with Crippen LogP contribution in [-0.2, 0) is 6.18 Å². The van der Waals surface area contributed by atoms with Crippen molar-refractivity contribution in [3.63, 3.8) is 0 Å². The molecule has 1 heterocycles. The summed E-state index contributed by atoms with van der Waals surface area (Å²) in [5.41, 5.74) is -0.512. The third-order valence-electron chi connectivity index (χ3n) is 3.39. The molecule has 0 spiro atoms. The van der Waals surface area contributed by atoms with Gasteiger partial charge in [-0.1, -0.05) is 6.07 Å². The Hall–Kier alpha value is -2.94. The molecule has 9 heteroatoms. The molecule has 3 rings (SSSR count). The molecule has 0 saturated carbocycles. The number of anilines is 1. The van der Waals surface area contributed by atoms with Gasteiger partial charge < -0.3 is 10.1 Å². The van der Waals surface area contributed by atoms with Crippen molar-refractivity contribution in [3.05, 3.63) is 69.8 Å². The molecule has 0 atom stereocenters. The zero-order chi connectivity index (χ0) is 19.6. The Morgan fingerprint density at radius 3 is 2.52 bits per heavy atom. The van der Waals surface area contributed by atoms with Gasteiger partial charge in [0.2, 0.25) is 5.88 Å². The summed E-state index contributed by atoms with van der Waals surface area (Å²) in [7, 11) is 0. The highest BCUT2D eigenvalue weighted by Crippen LogP contribution is 2.34. The molecule has 0 radical (unpaired) electrons. The van der Waals surface area contributed by atoms with E-state index in [1.807, 2.05) is 0 Å². The standard InChI is InChI=1S/C18H12F4N2O2S/c1-10-23-17(26-14-4-2-3-11(9-14)18(20,21)22)15(27-10)16(25)24-13-7-5-12(19)6-8-13/h2-9H,1H3,(H,24,25). The monoisotopic (exact) mass is 396 g/mol. The van der Waals surface area contributed by atoms with Crippen molar-refractivity contribution in [1.82, 2.24) is 4.98 Å². The quantitative estimate of drug-likeness (QED) is 0.580. The fraction of sp³-hybridized carbons (Fsp3) is 0.111. The predicted molar refractivity (Wildman–Crippen MR) is 92.7 cm³/mol. The Morgan fingerprint density at radius 2 is 1.85 bits per heavy atom. The summed E-state index contributed by atoms with van der Waals surface area (Å²) in [6, 6.07) is 9.43. The minimum atomic E-state index is -4.51. The highest BCUT2D eigenvalue weighted by atomic mass is 32.1. The number of hydrogen-bond acceptors (Lipinski definition) is 4. The second kappa shape index (κ2) is 7.36. The van der Waals surface area contributed by atoms with Crippen LogP contribution in [0.4, 0.5) is 23.2 Å². The van der Waals surface area contributed by atoms with Crippen LogP contribution in [0.3, 0.4) is 0 Å². The maximum absolute atomic E-state index is 13.0. The van der Waals surface area contributed by atoms with Crippen LogP contribution in [0.2, 0.25) is 0 Å². The number of aromatic nitrogens is 1. The lowest BCUT2D eigenvalue weighted by Crippen LogP contribution is -2.11. The molecule has 0 aliphatic rings. The fourth-order valence-corrected chi connectivity index (χ4v) is 2.93. The molecule has 2 aromatic carbocycles. The zero-order valence-electron chi connectivity index (χ0n) is 13.8. The fourth-order valence-electron chi connectivity index (χ4n) is 2.19. The van der Waals surface area contributed by atoms with E-state index in [0.29, 0.717) is 10.7 Å². The van der Waals surface area contributed by atoms with Crippen LogP contribution in [-0.4, -0.2) is 10.9 Å². The number of carbonyl (C=O) groups excluding carboxylic acids is 1. The Kier molecular flexibility index (Phi) is 5.13. The molecule has 0 fully saturated rings. The van der Waals surface area contributed by atoms with Crippen molar-refractivity contribution in [2.75, 3.05) is 5.32 Å². The average Bonchev–Trinajstić information content (AvgIpc) is 2.97. The number of amides is 1. The van der Waals surface area contributed by atoms with Gasteiger partial charge in [-0.25, -0.2) is 9.37 Å². The van der Waals surface area contributed by atoms with Crippen LogP contribution in [0.5, 0.6) is 11.6 Å². The Balaban J connectivity index is 1.84. The van der Waals surface area contributed by atoms with Crippen LogP contribution in [0, 0.1) is 12.7 Å². The number of ether oxygens (including phenoxy) is 1. The van der Waals surface area contributed by atoms with E-state index < -0.39 is 23.5 Å². The highest BCUT2D eigenvalue weighted by Gasteiger charge is 2.31. The van der Waals surface area contributed by atoms with E-state index >= 15 is 0 Å². The van der Waals surface area contributed by atoms with E-state index in [2.05, 4.69) is 10.3 Å². The molecule has 0 bridgehead atoms. The van der Waals surface area contributed by atoms with Gasteiger partial charge in [0, 0.05) is 5.69 Å². The van der Waals surface area contributed by atoms with Crippen LogP contribution in [0.1, 0.15) is 20.2 Å². The first-order valence-electron chi connectivity index (χ1n) is 7.62.